The van der Waals surface area contributed by atoms with E-state index in [1.807, 2.05) is 30.3 Å². The number of likely N-dealkylation sites (tertiary alicyclic amines) is 1. The molecule has 4 nitrogen and oxygen atoms in total. The van der Waals surface area contributed by atoms with Crippen LogP contribution in [-0.2, 0) is 10.4 Å². The quantitative estimate of drug-likeness (QED) is 0.670. The summed E-state index contributed by atoms with van der Waals surface area (Å²) < 4.78 is 0. The predicted molar refractivity (Wildman–Crippen MR) is 119 cm³/mol. The number of piperidine rings is 1. The van der Waals surface area contributed by atoms with Gasteiger partial charge in [-0.1, -0.05) is 61.2 Å². The van der Waals surface area contributed by atoms with Gasteiger partial charge in [-0.3, -0.25) is 4.79 Å². The lowest BCUT2D eigenvalue weighted by atomic mass is 9.72. The fourth-order valence-electron chi connectivity index (χ4n) is 4.90. The average molecular weight is 399 g/mol. The number of benzene rings is 1. The molecule has 0 spiro atoms. The lowest BCUT2D eigenvalue weighted by Gasteiger charge is -2.39. The first-order chi connectivity index (χ1) is 14.0. The van der Waals surface area contributed by atoms with Crippen LogP contribution in [0.1, 0.15) is 70.8 Å². The molecule has 2 aliphatic rings. The van der Waals surface area contributed by atoms with Gasteiger partial charge < -0.3 is 15.3 Å². The van der Waals surface area contributed by atoms with Crippen molar-refractivity contribution in [1.82, 2.24) is 10.2 Å². The third-order valence-electron chi connectivity index (χ3n) is 6.68. The van der Waals surface area contributed by atoms with Crippen LogP contribution in [-0.4, -0.2) is 41.6 Å². The van der Waals surface area contributed by atoms with Crippen molar-refractivity contribution in [3.63, 3.8) is 0 Å². The number of aliphatic hydroxyl groups is 1. The van der Waals surface area contributed by atoms with Gasteiger partial charge in [0.25, 0.3) is 5.91 Å². The zero-order chi connectivity index (χ0) is 20.7. The van der Waals surface area contributed by atoms with Crippen molar-refractivity contribution in [1.29, 1.82) is 0 Å². The molecule has 2 N–H and O–H groups in total. The van der Waals surface area contributed by atoms with Crippen LogP contribution in [0, 0.1) is 5.92 Å². The molecule has 1 aliphatic heterocycles. The van der Waals surface area contributed by atoms with Gasteiger partial charge in [-0.2, -0.15) is 0 Å². The molecule has 1 atom stereocenters. The Morgan fingerprint density at radius 2 is 1.76 bits per heavy atom. The van der Waals surface area contributed by atoms with Crippen LogP contribution in [0.25, 0.3) is 0 Å². The van der Waals surface area contributed by atoms with Crippen molar-refractivity contribution in [3.8, 4) is 0 Å². The third kappa shape index (κ3) is 5.70. The Morgan fingerprint density at radius 1 is 1.10 bits per heavy atom. The van der Waals surface area contributed by atoms with Gasteiger partial charge >= 0.3 is 0 Å². The fraction of sp³-hybridized carbons (Fsp3) is 0.640. The van der Waals surface area contributed by atoms with Crippen LogP contribution in [0.3, 0.4) is 0 Å². The maximum absolute atomic E-state index is 13.4. The van der Waals surface area contributed by atoms with Gasteiger partial charge in [0.2, 0.25) is 0 Å². The van der Waals surface area contributed by atoms with Crippen molar-refractivity contribution >= 4 is 5.91 Å². The number of hydrogen-bond donors (Lipinski definition) is 2. The molecule has 2 fully saturated rings. The summed E-state index contributed by atoms with van der Waals surface area (Å²) in [5.41, 5.74) is 0.695. The number of rotatable bonds is 7. The topological polar surface area (TPSA) is 52.6 Å². The number of carbonyl (C=O) groups excluding carboxylic acids is 1. The highest BCUT2D eigenvalue weighted by Gasteiger charge is 2.46. The number of allylic oxidation sites excluding steroid dienone is 1. The lowest BCUT2D eigenvalue weighted by molar-refractivity contribution is -0.150. The van der Waals surface area contributed by atoms with Crippen molar-refractivity contribution in [3.05, 3.63) is 47.5 Å². The van der Waals surface area contributed by atoms with E-state index in [4.69, 9.17) is 0 Å². The number of nitrogens with zero attached hydrogens (tertiary/aromatic N) is 1. The highest BCUT2D eigenvalue weighted by Crippen LogP contribution is 2.39. The molecule has 1 unspecified atom stereocenters. The van der Waals surface area contributed by atoms with Gasteiger partial charge in [-0.15, -0.1) is 0 Å². The summed E-state index contributed by atoms with van der Waals surface area (Å²) in [6, 6.07) is 9.73. The first kappa shape index (κ1) is 22.0. The molecule has 1 heterocycles. The molecule has 0 aromatic heterocycles. The van der Waals surface area contributed by atoms with Crippen molar-refractivity contribution in [2.75, 3.05) is 19.6 Å². The van der Waals surface area contributed by atoms with Gasteiger partial charge in [-0.25, -0.2) is 0 Å². The molecule has 1 aromatic carbocycles. The number of carbonyl (C=O) groups is 1. The molecule has 160 valence electrons. The first-order valence-corrected chi connectivity index (χ1v) is 11.4. The second-order valence-corrected chi connectivity index (χ2v) is 9.13. The van der Waals surface area contributed by atoms with E-state index in [-0.39, 0.29) is 17.9 Å². The van der Waals surface area contributed by atoms with E-state index in [9.17, 15) is 9.90 Å². The Labute approximate surface area is 176 Å². The summed E-state index contributed by atoms with van der Waals surface area (Å²) in [5, 5.41) is 14.9. The maximum Gasteiger partial charge on any atom is 0.257 e. The van der Waals surface area contributed by atoms with E-state index in [0.717, 1.165) is 70.1 Å². The van der Waals surface area contributed by atoms with Crippen LogP contribution in [0.2, 0.25) is 0 Å². The molecule has 1 saturated heterocycles. The van der Waals surface area contributed by atoms with Gasteiger partial charge in [0.1, 0.15) is 0 Å². The Bertz CT molecular complexity index is 669. The molecule has 4 heteroatoms. The number of hydrogen-bond acceptors (Lipinski definition) is 3. The van der Waals surface area contributed by atoms with Gasteiger partial charge in [0.05, 0.1) is 0 Å². The summed E-state index contributed by atoms with van der Waals surface area (Å²) in [7, 11) is 0. The van der Waals surface area contributed by atoms with E-state index in [1.54, 1.807) is 0 Å². The van der Waals surface area contributed by atoms with Crippen LogP contribution >= 0.6 is 0 Å². The van der Waals surface area contributed by atoms with E-state index in [1.165, 1.54) is 12.0 Å². The second-order valence-electron chi connectivity index (χ2n) is 9.13. The van der Waals surface area contributed by atoms with Gasteiger partial charge in [0, 0.05) is 31.6 Å². The monoisotopic (exact) mass is 398 g/mol. The highest BCUT2D eigenvalue weighted by molar-refractivity contribution is 5.87. The number of nitrogens with one attached hydrogen (secondary N) is 1. The Morgan fingerprint density at radius 3 is 2.38 bits per heavy atom. The SMILES string of the molecule is CC(C)=CCCN1CCC(NC(=O)C(O)(c2ccccc2)C2CCCCC2)CC1. The fourth-order valence-corrected chi connectivity index (χ4v) is 4.90. The Hall–Kier alpha value is -1.65. The predicted octanol–water partition coefficient (Wildman–Crippen LogP) is 4.39. The van der Waals surface area contributed by atoms with E-state index < -0.39 is 5.60 Å². The van der Waals surface area contributed by atoms with E-state index >= 15 is 0 Å². The normalized spacial score (nSPS) is 21.3. The minimum atomic E-state index is -1.41. The highest BCUT2D eigenvalue weighted by atomic mass is 16.3. The number of amides is 1. The molecular weight excluding hydrogens is 360 g/mol. The maximum atomic E-state index is 13.4. The third-order valence-corrected chi connectivity index (χ3v) is 6.68. The van der Waals surface area contributed by atoms with Gasteiger partial charge in [-0.05, 0) is 51.5 Å². The largest absolute Gasteiger partial charge is 0.375 e. The van der Waals surface area contributed by atoms with Crippen molar-refractivity contribution in [2.24, 2.45) is 5.92 Å². The van der Waals surface area contributed by atoms with Crippen LogP contribution in [0.5, 0.6) is 0 Å². The summed E-state index contributed by atoms with van der Waals surface area (Å²) in [4.78, 5) is 15.9. The molecule has 1 aliphatic carbocycles. The molecule has 1 saturated carbocycles. The van der Waals surface area contributed by atoms with E-state index in [0.29, 0.717) is 0 Å². The van der Waals surface area contributed by atoms with Crippen LogP contribution < -0.4 is 5.32 Å². The van der Waals surface area contributed by atoms with Crippen molar-refractivity contribution < 1.29 is 9.90 Å². The first-order valence-electron chi connectivity index (χ1n) is 11.4. The lowest BCUT2D eigenvalue weighted by Crippen LogP contribution is -2.54. The zero-order valence-electron chi connectivity index (χ0n) is 18.2. The molecule has 0 radical (unpaired) electrons. The molecule has 0 bridgehead atoms. The average Bonchev–Trinajstić information content (AvgIpc) is 2.75. The van der Waals surface area contributed by atoms with Crippen LogP contribution in [0.15, 0.2) is 42.0 Å². The summed E-state index contributed by atoms with van der Waals surface area (Å²) in [6.07, 6.45) is 10.5. The Kier molecular flexibility index (Phi) is 7.91. The molecule has 29 heavy (non-hydrogen) atoms. The minimum Gasteiger partial charge on any atom is -0.375 e. The standard InChI is InChI=1S/C25H38N2O2/c1-20(2)10-9-17-27-18-15-23(16-19-27)26-24(28)25(29,21-11-5-3-6-12-21)22-13-7-4-8-14-22/h3,5-6,10-12,22-23,29H,4,7-9,13-19H2,1-2H3,(H,26,28). The molecule has 1 aromatic rings. The van der Waals surface area contributed by atoms with E-state index in [2.05, 4.69) is 30.1 Å². The molecule has 1 amide bonds. The Balaban J connectivity index is 1.61. The van der Waals surface area contributed by atoms with Gasteiger partial charge in [0.15, 0.2) is 5.60 Å². The summed E-state index contributed by atoms with van der Waals surface area (Å²) in [6.45, 7) is 7.38. The zero-order valence-corrected chi connectivity index (χ0v) is 18.2. The van der Waals surface area contributed by atoms with Crippen LogP contribution in [0.4, 0.5) is 0 Å². The molecular formula is C25H38N2O2. The smallest absolute Gasteiger partial charge is 0.257 e. The van der Waals surface area contributed by atoms with Crippen molar-refractivity contribution in [2.45, 2.75) is 76.9 Å². The molecule has 3 rings (SSSR count). The summed E-state index contributed by atoms with van der Waals surface area (Å²) >= 11 is 0. The summed E-state index contributed by atoms with van der Waals surface area (Å²) in [5.74, 6) is -0.193. The second kappa shape index (κ2) is 10.4. The minimum absolute atomic E-state index is 0.00260.